The summed E-state index contributed by atoms with van der Waals surface area (Å²) in [5.41, 5.74) is 0. The van der Waals surface area contributed by atoms with Gasteiger partial charge in [-0.3, -0.25) is 9.59 Å². The molecular weight excluding hydrogens is 316 g/mol. The molecule has 0 aromatic rings. The highest BCUT2D eigenvalue weighted by atomic mass is 32.2. The molecule has 0 aromatic carbocycles. The van der Waals surface area contributed by atoms with Crippen molar-refractivity contribution >= 4 is 29.5 Å². The molecule has 2 aliphatic rings. The molecule has 0 spiro atoms. The van der Waals surface area contributed by atoms with Gasteiger partial charge < -0.3 is 15.3 Å². The summed E-state index contributed by atoms with van der Waals surface area (Å²) >= 11 is 1.45. The molecule has 0 bridgehead atoms. The van der Waals surface area contributed by atoms with Crippen LogP contribution in [0.3, 0.4) is 0 Å². The molecule has 2 N–H and O–H groups in total. The number of carbonyl (C=O) groups excluding carboxylic acids is 2. The van der Waals surface area contributed by atoms with Crippen LogP contribution in [0.4, 0.5) is 0 Å². The number of rotatable bonds is 8. The monoisotopic (exact) mass is 342 g/mol. The van der Waals surface area contributed by atoms with E-state index < -0.39 is 22.8 Å². The number of amides is 2. The van der Waals surface area contributed by atoms with Crippen molar-refractivity contribution in [1.82, 2.24) is 10.2 Å². The van der Waals surface area contributed by atoms with Gasteiger partial charge in [-0.25, -0.2) is 4.79 Å². The van der Waals surface area contributed by atoms with Crippen LogP contribution in [0.2, 0.25) is 0 Å². The minimum atomic E-state index is -0.987. The average Bonchev–Trinajstić information content (AvgIpc) is 2.73. The first-order chi connectivity index (χ1) is 10.8. The highest BCUT2D eigenvalue weighted by Crippen LogP contribution is 2.50. The molecule has 2 saturated heterocycles. The molecule has 0 radical (unpaired) electrons. The van der Waals surface area contributed by atoms with Crippen LogP contribution in [0.1, 0.15) is 59.3 Å². The van der Waals surface area contributed by atoms with Crippen molar-refractivity contribution in [3.63, 3.8) is 0 Å². The third kappa shape index (κ3) is 3.65. The molecule has 2 rings (SSSR count). The summed E-state index contributed by atoms with van der Waals surface area (Å²) in [6.45, 7) is 5.80. The van der Waals surface area contributed by atoms with E-state index in [1.165, 1.54) is 23.1 Å². The van der Waals surface area contributed by atoms with Gasteiger partial charge in [0, 0.05) is 11.2 Å². The number of fused-ring (bicyclic) bond motifs is 1. The summed E-state index contributed by atoms with van der Waals surface area (Å²) in [5.74, 6) is -1.38. The lowest BCUT2D eigenvalue weighted by atomic mass is 9.96. The van der Waals surface area contributed by atoms with E-state index in [1.54, 1.807) is 0 Å². The number of thioether (sulfide) groups is 1. The summed E-state index contributed by atoms with van der Waals surface area (Å²) in [6, 6.07) is -1.40. The summed E-state index contributed by atoms with van der Waals surface area (Å²) in [6.07, 6.45) is 5.76. The van der Waals surface area contributed by atoms with Crippen LogP contribution < -0.4 is 5.32 Å². The van der Waals surface area contributed by atoms with Crippen molar-refractivity contribution in [3.05, 3.63) is 0 Å². The molecule has 2 aliphatic heterocycles. The van der Waals surface area contributed by atoms with Gasteiger partial charge in [0.05, 0.1) is 0 Å². The summed E-state index contributed by atoms with van der Waals surface area (Å²) in [7, 11) is 0. The standard InChI is InChI=1S/C16H26N2O4S/c1-4-5-6-7-8-9-10(19)17-11-13(20)18-12(15(21)22)16(2,3)23-14(11)18/h11-12,14H,4-9H2,1-3H3,(H,17,19)(H,21,22). The third-order valence-corrected chi connectivity index (χ3v) is 6.07. The molecule has 2 amide bonds. The second-order valence-corrected chi connectivity index (χ2v) is 8.58. The first-order valence-corrected chi connectivity index (χ1v) is 9.19. The minimum Gasteiger partial charge on any atom is -0.480 e. The molecule has 3 unspecified atom stereocenters. The van der Waals surface area contributed by atoms with Gasteiger partial charge in [0.1, 0.15) is 17.5 Å². The number of nitrogens with zero attached hydrogens (tertiary/aromatic N) is 1. The fraction of sp³-hybridized carbons (Fsp3) is 0.812. The van der Waals surface area contributed by atoms with Crippen molar-refractivity contribution in [1.29, 1.82) is 0 Å². The zero-order valence-corrected chi connectivity index (χ0v) is 14.8. The van der Waals surface area contributed by atoms with Crippen molar-refractivity contribution in [2.45, 2.75) is 81.5 Å². The van der Waals surface area contributed by atoms with Crippen LogP contribution in [0.25, 0.3) is 0 Å². The van der Waals surface area contributed by atoms with Gasteiger partial charge in [0.25, 0.3) is 0 Å². The smallest absolute Gasteiger partial charge is 0.327 e. The number of hydrogen-bond acceptors (Lipinski definition) is 4. The quantitative estimate of drug-likeness (QED) is 0.520. The highest BCUT2D eigenvalue weighted by Gasteiger charge is 2.64. The Kier molecular flexibility index (Phi) is 5.60. The summed E-state index contributed by atoms with van der Waals surface area (Å²) in [5, 5.41) is 11.9. The third-order valence-electron chi connectivity index (χ3n) is 4.50. The lowest BCUT2D eigenvalue weighted by molar-refractivity contribution is -0.161. The van der Waals surface area contributed by atoms with Gasteiger partial charge in [0.15, 0.2) is 0 Å². The predicted octanol–water partition coefficient (Wildman–Crippen LogP) is 1.98. The first-order valence-electron chi connectivity index (χ1n) is 8.31. The molecule has 3 atom stereocenters. The molecule has 23 heavy (non-hydrogen) atoms. The van der Waals surface area contributed by atoms with Crippen molar-refractivity contribution in [3.8, 4) is 0 Å². The Labute approximate surface area is 141 Å². The number of nitrogens with one attached hydrogen (secondary N) is 1. The average molecular weight is 342 g/mol. The van der Waals surface area contributed by atoms with Crippen molar-refractivity contribution in [2.24, 2.45) is 0 Å². The number of hydrogen-bond donors (Lipinski definition) is 2. The van der Waals surface area contributed by atoms with Gasteiger partial charge in [-0.15, -0.1) is 11.8 Å². The van der Waals surface area contributed by atoms with Crippen LogP contribution in [0, 0.1) is 0 Å². The van der Waals surface area contributed by atoms with Crippen LogP contribution in [0.5, 0.6) is 0 Å². The van der Waals surface area contributed by atoms with E-state index >= 15 is 0 Å². The van der Waals surface area contributed by atoms with E-state index in [0.29, 0.717) is 6.42 Å². The minimum absolute atomic E-state index is 0.114. The maximum Gasteiger partial charge on any atom is 0.327 e. The number of aliphatic carboxylic acids is 1. The Morgan fingerprint density at radius 1 is 1.26 bits per heavy atom. The molecular formula is C16H26N2O4S. The van der Waals surface area contributed by atoms with Gasteiger partial charge >= 0.3 is 5.97 Å². The summed E-state index contributed by atoms with van der Waals surface area (Å²) < 4.78 is -0.550. The lowest BCUT2D eigenvalue weighted by Crippen LogP contribution is -2.70. The summed E-state index contributed by atoms with van der Waals surface area (Å²) in [4.78, 5) is 37.0. The molecule has 2 heterocycles. The lowest BCUT2D eigenvalue weighted by Gasteiger charge is -2.43. The van der Waals surface area contributed by atoms with E-state index in [-0.39, 0.29) is 17.2 Å². The van der Waals surface area contributed by atoms with E-state index in [4.69, 9.17) is 0 Å². The maximum atomic E-state index is 12.2. The van der Waals surface area contributed by atoms with Gasteiger partial charge in [-0.1, -0.05) is 32.6 Å². The molecule has 130 valence electrons. The normalized spacial score (nSPS) is 28.2. The number of carbonyl (C=O) groups is 3. The van der Waals surface area contributed by atoms with Crippen LogP contribution in [0.15, 0.2) is 0 Å². The second-order valence-electron chi connectivity index (χ2n) is 6.81. The van der Waals surface area contributed by atoms with E-state index in [9.17, 15) is 19.5 Å². The molecule has 6 nitrogen and oxygen atoms in total. The Balaban J connectivity index is 1.84. The maximum absolute atomic E-state index is 12.2. The zero-order valence-electron chi connectivity index (χ0n) is 14.0. The largest absolute Gasteiger partial charge is 0.480 e. The number of carboxylic acids is 1. The Morgan fingerprint density at radius 3 is 2.52 bits per heavy atom. The van der Waals surface area contributed by atoms with E-state index in [2.05, 4.69) is 12.2 Å². The highest BCUT2D eigenvalue weighted by molar-refractivity contribution is 8.01. The second kappa shape index (κ2) is 7.11. The molecule has 2 fully saturated rings. The SMILES string of the molecule is CCCCCCCC(=O)NC1C(=O)N2C1SC(C)(C)C2C(=O)O. The Hall–Kier alpha value is -1.24. The van der Waals surface area contributed by atoms with Crippen LogP contribution in [-0.2, 0) is 14.4 Å². The molecule has 7 heteroatoms. The Morgan fingerprint density at radius 2 is 1.91 bits per heavy atom. The zero-order chi connectivity index (χ0) is 17.2. The van der Waals surface area contributed by atoms with Crippen molar-refractivity contribution < 1.29 is 19.5 Å². The molecule has 0 aromatic heterocycles. The van der Waals surface area contributed by atoms with Crippen LogP contribution >= 0.6 is 11.8 Å². The number of carboxylic acid groups (broad SMARTS) is 1. The molecule has 0 saturated carbocycles. The van der Waals surface area contributed by atoms with Gasteiger partial charge in [-0.2, -0.15) is 0 Å². The van der Waals surface area contributed by atoms with E-state index in [1.807, 2.05) is 13.8 Å². The van der Waals surface area contributed by atoms with Crippen LogP contribution in [-0.4, -0.2) is 50.0 Å². The topological polar surface area (TPSA) is 86.7 Å². The Bertz CT molecular complexity index is 494. The first kappa shape index (κ1) is 18.1. The predicted molar refractivity (Wildman–Crippen MR) is 89.0 cm³/mol. The fourth-order valence-electron chi connectivity index (χ4n) is 3.28. The van der Waals surface area contributed by atoms with Gasteiger partial charge in [0.2, 0.25) is 11.8 Å². The molecule has 0 aliphatic carbocycles. The van der Waals surface area contributed by atoms with E-state index in [0.717, 1.165) is 25.7 Å². The number of β-lactam (4-membered cyclic amide) rings is 1. The number of unbranched alkanes of at least 4 members (excludes halogenated alkanes) is 4. The van der Waals surface area contributed by atoms with Gasteiger partial charge in [-0.05, 0) is 20.3 Å². The fourth-order valence-corrected chi connectivity index (χ4v) is 4.91. The van der Waals surface area contributed by atoms with Crippen molar-refractivity contribution in [2.75, 3.05) is 0 Å².